The molecule has 18 heavy (non-hydrogen) atoms. The second kappa shape index (κ2) is 7.49. The maximum Gasteiger partial charge on any atom is 0.0658 e. The van der Waals surface area contributed by atoms with Gasteiger partial charge in [-0.05, 0) is 46.1 Å². The molecule has 1 rings (SSSR count). The third-order valence-electron chi connectivity index (χ3n) is 4.52. The van der Waals surface area contributed by atoms with Crippen LogP contribution in [0.15, 0.2) is 0 Å². The minimum absolute atomic E-state index is 0.0461. The van der Waals surface area contributed by atoms with Gasteiger partial charge in [0.05, 0.1) is 11.7 Å². The Morgan fingerprint density at radius 3 is 2.33 bits per heavy atom. The molecule has 0 aromatic rings. The molecule has 0 N–H and O–H groups in total. The first-order valence-corrected chi connectivity index (χ1v) is 7.86. The fraction of sp³-hybridized carbons (Fsp3) is 1.00. The summed E-state index contributed by atoms with van der Waals surface area (Å²) in [6, 6.07) is 0. The number of hydrogen-bond donors (Lipinski definition) is 0. The summed E-state index contributed by atoms with van der Waals surface area (Å²) in [5.41, 5.74) is 0.0461. The van der Waals surface area contributed by atoms with Crippen LogP contribution in [0.4, 0.5) is 0 Å². The van der Waals surface area contributed by atoms with Crippen molar-refractivity contribution in [2.45, 2.75) is 77.9 Å². The normalized spacial score (nSPS) is 21.2. The predicted molar refractivity (Wildman–Crippen MR) is 79.0 cm³/mol. The Morgan fingerprint density at radius 1 is 1.22 bits per heavy atom. The Bertz CT molecular complexity index is 219. The lowest BCUT2D eigenvalue weighted by Crippen LogP contribution is -2.42. The molecule has 2 heteroatoms. The summed E-state index contributed by atoms with van der Waals surface area (Å²) in [5.74, 6) is 0.706. The maximum atomic E-state index is 6.45. The molecule has 1 saturated heterocycles. The zero-order chi connectivity index (χ0) is 13.6. The number of ether oxygens (including phenoxy) is 1. The summed E-state index contributed by atoms with van der Waals surface area (Å²) >= 11 is 0. The number of unbranched alkanes of at least 4 members (excludes halogenated alkanes) is 1. The Hall–Kier alpha value is -0.0800. The van der Waals surface area contributed by atoms with E-state index >= 15 is 0 Å². The van der Waals surface area contributed by atoms with Crippen molar-refractivity contribution < 1.29 is 4.74 Å². The van der Waals surface area contributed by atoms with Gasteiger partial charge in [-0.2, -0.15) is 0 Å². The minimum atomic E-state index is 0.0461. The van der Waals surface area contributed by atoms with E-state index in [9.17, 15) is 0 Å². The first-order valence-electron chi connectivity index (χ1n) is 7.86. The molecule has 0 radical (unpaired) electrons. The van der Waals surface area contributed by atoms with Crippen LogP contribution in [-0.2, 0) is 4.74 Å². The van der Waals surface area contributed by atoms with E-state index in [1.165, 1.54) is 51.6 Å². The van der Waals surface area contributed by atoms with Gasteiger partial charge in [-0.15, -0.1) is 0 Å². The molecule has 0 aromatic carbocycles. The Morgan fingerprint density at radius 2 is 1.83 bits per heavy atom. The van der Waals surface area contributed by atoms with E-state index in [4.69, 9.17) is 4.74 Å². The molecule has 108 valence electrons. The summed E-state index contributed by atoms with van der Waals surface area (Å²) < 4.78 is 6.45. The maximum absolute atomic E-state index is 6.45. The van der Waals surface area contributed by atoms with E-state index in [1.54, 1.807) is 0 Å². The quantitative estimate of drug-likeness (QED) is 0.679. The van der Waals surface area contributed by atoms with Crippen LogP contribution in [0.2, 0.25) is 0 Å². The van der Waals surface area contributed by atoms with Crippen LogP contribution < -0.4 is 0 Å². The average Bonchev–Trinajstić information content (AvgIpc) is 2.32. The zero-order valence-electron chi connectivity index (χ0n) is 13.2. The number of nitrogens with zero attached hydrogens (tertiary/aromatic N) is 1. The van der Waals surface area contributed by atoms with E-state index in [-0.39, 0.29) is 5.60 Å². The van der Waals surface area contributed by atoms with Gasteiger partial charge in [-0.3, -0.25) is 0 Å². The number of rotatable bonds is 7. The molecular weight excluding hydrogens is 222 g/mol. The van der Waals surface area contributed by atoms with Crippen molar-refractivity contribution in [1.29, 1.82) is 0 Å². The lowest BCUT2D eigenvalue weighted by molar-refractivity contribution is -0.123. The van der Waals surface area contributed by atoms with Crippen LogP contribution in [-0.4, -0.2) is 36.7 Å². The zero-order valence-corrected chi connectivity index (χ0v) is 13.2. The molecule has 0 aromatic heterocycles. The third kappa shape index (κ3) is 4.89. The molecule has 1 unspecified atom stereocenters. The highest BCUT2D eigenvalue weighted by molar-refractivity contribution is 4.82. The topological polar surface area (TPSA) is 12.5 Å². The van der Waals surface area contributed by atoms with Gasteiger partial charge < -0.3 is 9.64 Å². The smallest absolute Gasteiger partial charge is 0.0658 e. The first kappa shape index (κ1) is 16.0. The van der Waals surface area contributed by atoms with Gasteiger partial charge in [0.2, 0.25) is 0 Å². The molecule has 1 atom stereocenters. The molecule has 0 bridgehead atoms. The lowest BCUT2D eigenvalue weighted by atomic mass is 9.84. The summed E-state index contributed by atoms with van der Waals surface area (Å²) in [6.07, 6.45) is 8.05. The van der Waals surface area contributed by atoms with Gasteiger partial charge in [0.1, 0.15) is 0 Å². The fourth-order valence-corrected chi connectivity index (χ4v) is 3.12. The Labute approximate surface area is 114 Å². The number of hydrogen-bond acceptors (Lipinski definition) is 2. The second-order valence-corrected chi connectivity index (χ2v) is 6.47. The van der Waals surface area contributed by atoms with E-state index in [2.05, 4.69) is 39.6 Å². The summed E-state index contributed by atoms with van der Waals surface area (Å²) in [6.45, 7) is 11.6. The van der Waals surface area contributed by atoms with E-state index in [0.717, 1.165) is 0 Å². The number of piperidine rings is 1. The minimum Gasteiger partial charge on any atom is -0.372 e. The Balaban J connectivity index is 2.45. The summed E-state index contributed by atoms with van der Waals surface area (Å²) in [4.78, 5) is 2.40. The standard InChI is InChI=1S/C16H33NO/c1-6-8-9-14(7-2)16(3,4)18-15-10-12-17(5)13-11-15/h14-15H,6-13H2,1-5H3. The van der Waals surface area contributed by atoms with Crippen LogP contribution in [0.1, 0.15) is 66.2 Å². The molecule has 0 spiro atoms. The van der Waals surface area contributed by atoms with Crippen molar-refractivity contribution in [3.63, 3.8) is 0 Å². The predicted octanol–water partition coefficient (Wildman–Crippen LogP) is 4.09. The molecule has 1 heterocycles. The Kier molecular flexibility index (Phi) is 6.65. The molecule has 1 fully saturated rings. The lowest BCUT2D eigenvalue weighted by Gasteiger charge is -2.40. The summed E-state index contributed by atoms with van der Waals surface area (Å²) in [7, 11) is 2.21. The third-order valence-corrected chi connectivity index (χ3v) is 4.52. The first-order chi connectivity index (χ1) is 8.49. The van der Waals surface area contributed by atoms with Crippen molar-refractivity contribution in [3.8, 4) is 0 Å². The van der Waals surface area contributed by atoms with Gasteiger partial charge in [-0.25, -0.2) is 0 Å². The van der Waals surface area contributed by atoms with Crippen LogP contribution >= 0.6 is 0 Å². The van der Waals surface area contributed by atoms with Crippen molar-refractivity contribution in [2.75, 3.05) is 20.1 Å². The average molecular weight is 255 g/mol. The van der Waals surface area contributed by atoms with Gasteiger partial charge >= 0.3 is 0 Å². The molecule has 0 saturated carbocycles. The van der Waals surface area contributed by atoms with E-state index < -0.39 is 0 Å². The molecule has 1 aliphatic rings. The molecule has 2 nitrogen and oxygen atoms in total. The van der Waals surface area contributed by atoms with Gasteiger partial charge in [-0.1, -0.05) is 33.1 Å². The van der Waals surface area contributed by atoms with Crippen molar-refractivity contribution in [3.05, 3.63) is 0 Å². The molecular formula is C16H33NO. The van der Waals surface area contributed by atoms with Crippen LogP contribution in [0.3, 0.4) is 0 Å². The highest BCUT2D eigenvalue weighted by Gasteiger charge is 2.32. The fourth-order valence-electron chi connectivity index (χ4n) is 3.12. The van der Waals surface area contributed by atoms with Crippen LogP contribution in [0.25, 0.3) is 0 Å². The van der Waals surface area contributed by atoms with Gasteiger partial charge in [0.15, 0.2) is 0 Å². The highest BCUT2D eigenvalue weighted by atomic mass is 16.5. The van der Waals surface area contributed by atoms with Crippen LogP contribution in [0, 0.1) is 5.92 Å². The molecule has 1 aliphatic heterocycles. The molecule has 0 aliphatic carbocycles. The van der Waals surface area contributed by atoms with Crippen molar-refractivity contribution >= 4 is 0 Å². The van der Waals surface area contributed by atoms with E-state index in [0.29, 0.717) is 12.0 Å². The van der Waals surface area contributed by atoms with E-state index in [1.807, 2.05) is 0 Å². The SMILES string of the molecule is CCCCC(CC)C(C)(C)OC1CCN(C)CC1. The monoisotopic (exact) mass is 255 g/mol. The van der Waals surface area contributed by atoms with Crippen molar-refractivity contribution in [1.82, 2.24) is 4.90 Å². The largest absolute Gasteiger partial charge is 0.372 e. The molecule has 0 amide bonds. The second-order valence-electron chi connectivity index (χ2n) is 6.47. The van der Waals surface area contributed by atoms with Gasteiger partial charge in [0.25, 0.3) is 0 Å². The number of likely N-dealkylation sites (tertiary alicyclic amines) is 1. The van der Waals surface area contributed by atoms with Gasteiger partial charge in [0, 0.05) is 13.1 Å². The van der Waals surface area contributed by atoms with Crippen molar-refractivity contribution in [2.24, 2.45) is 5.92 Å². The summed E-state index contributed by atoms with van der Waals surface area (Å²) in [5, 5.41) is 0. The highest BCUT2D eigenvalue weighted by Crippen LogP contribution is 2.32. The van der Waals surface area contributed by atoms with Crippen LogP contribution in [0.5, 0.6) is 0 Å².